The third-order valence-electron chi connectivity index (χ3n) is 4.67. The molecule has 24 heavy (non-hydrogen) atoms. The molecule has 0 rings (SSSR count). The van der Waals surface area contributed by atoms with Crippen LogP contribution in [0.2, 0.25) is 0 Å². The van der Waals surface area contributed by atoms with Crippen molar-refractivity contribution in [2.75, 3.05) is 0 Å². The highest BCUT2D eigenvalue weighted by Gasteiger charge is 1.96. The van der Waals surface area contributed by atoms with Crippen molar-refractivity contribution in [3.8, 4) is 0 Å². The fourth-order valence-electron chi connectivity index (χ4n) is 3.13. The molecule has 0 fully saturated rings. The van der Waals surface area contributed by atoms with Crippen molar-refractivity contribution >= 4 is 5.97 Å². The molecular formula is C22H43O2. The van der Waals surface area contributed by atoms with Crippen molar-refractivity contribution in [1.82, 2.24) is 0 Å². The van der Waals surface area contributed by atoms with Crippen molar-refractivity contribution in [3.63, 3.8) is 0 Å². The van der Waals surface area contributed by atoms with Crippen LogP contribution in [0, 0.1) is 6.61 Å². The van der Waals surface area contributed by atoms with Crippen LogP contribution in [0.15, 0.2) is 0 Å². The van der Waals surface area contributed by atoms with Crippen LogP contribution in [0.5, 0.6) is 0 Å². The molecule has 0 aliphatic carbocycles. The van der Waals surface area contributed by atoms with Gasteiger partial charge in [0.05, 0.1) is 0 Å². The van der Waals surface area contributed by atoms with Gasteiger partial charge in [-0.25, -0.2) is 0 Å². The summed E-state index contributed by atoms with van der Waals surface area (Å²) >= 11 is 0. The topological polar surface area (TPSA) is 26.3 Å². The molecule has 0 aliphatic heterocycles. The van der Waals surface area contributed by atoms with Crippen LogP contribution in [0.1, 0.15) is 129 Å². The van der Waals surface area contributed by atoms with Crippen molar-refractivity contribution in [3.05, 3.63) is 6.61 Å². The van der Waals surface area contributed by atoms with E-state index in [9.17, 15) is 4.79 Å². The molecule has 0 N–H and O–H groups in total. The van der Waals surface area contributed by atoms with Gasteiger partial charge in [0.2, 0.25) is 0 Å². The predicted molar refractivity (Wildman–Crippen MR) is 105 cm³/mol. The van der Waals surface area contributed by atoms with Gasteiger partial charge in [-0.2, -0.15) is 0 Å². The van der Waals surface area contributed by atoms with Gasteiger partial charge in [0.25, 0.3) is 0 Å². The van der Waals surface area contributed by atoms with Gasteiger partial charge in [-0.1, -0.05) is 110 Å². The second-order valence-electron chi connectivity index (χ2n) is 7.22. The monoisotopic (exact) mass is 339 g/mol. The summed E-state index contributed by atoms with van der Waals surface area (Å²) in [6, 6.07) is 0. The zero-order chi connectivity index (χ0) is 17.7. The third-order valence-corrected chi connectivity index (χ3v) is 4.67. The maximum Gasteiger partial charge on any atom is 0.303 e. The van der Waals surface area contributed by atoms with Crippen LogP contribution in [-0.2, 0) is 9.53 Å². The Balaban J connectivity index is 2.97. The van der Waals surface area contributed by atoms with Crippen LogP contribution in [0.25, 0.3) is 0 Å². The lowest BCUT2D eigenvalue weighted by Crippen LogP contribution is -1.94. The molecule has 0 saturated heterocycles. The Morgan fingerprint density at radius 3 is 1.29 bits per heavy atom. The van der Waals surface area contributed by atoms with Crippen molar-refractivity contribution in [1.29, 1.82) is 0 Å². The number of carbonyl (C=O) groups is 1. The smallest absolute Gasteiger partial charge is 0.303 e. The molecule has 0 aliphatic rings. The quantitative estimate of drug-likeness (QED) is 0.177. The minimum absolute atomic E-state index is 0.207. The first kappa shape index (κ1) is 23.5. The van der Waals surface area contributed by atoms with Gasteiger partial charge in [0, 0.05) is 6.92 Å². The SMILES string of the molecule is CCCCCCCCCCCCCCCCCCC[CH]OC(C)=O. The van der Waals surface area contributed by atoms with Crippen molar-refractivity contribution < 1.29 is 9.53 Å². The van der Waals surface area contributed by atoms with Gasteiger partial charge in [-0.3, -0.25) is 4.79 Å². The maximum atomic E-state index is 10.6. The molecule has 143 valence electrons. The zero-order valence-electron chi connectivity index (χ0n) is 16.6. The molecule has 0 heterocycles. The minimum atomic E-state index is -0.207. The minimum Gasteiger partial charge on any atom is -0.459 e. The Morgan fingerprint density at radius 1 is 0.625 bits per heavy atom. The van der Waals surface area contributed by atoms with E-state index in [2.05, 4.69) is 6.92 Å². The molecule has 0 amide bonds. The second kappa shape index (κ2) is 20.5. The van der Waals surface area contributed by atoms with E-state index in [1.165, 1.54) is 110 Å². The van der Waals surface area contributed by atoms with Gasteiger partial charge in [-0.15, -0.1) is 0 Å². The molecular weight excluding hydrogens is 296 g/mol. The molecule has 0 spiro atoms. The first-order valence-electron chi connectivity index (χ1n) is 10.8. The normalized spacial score (nSPS) is 10.9. The van der Waals surface area contributed by atoms with Crippen LogP contribution < -0.4 is 0 Å². The van der Waals surface area contributed by atoms with Gasteiger partial charge in [0.15, 0.2) is 0 Å². The van der Waals surface area contributed by atoms with Gasteiger partial charge in [-0.05, 0) is 12.8 Å². The molecule has 0 aromatic heterocycles. The van der Waals surface area contributed by atoms with Gasteiger partial charge < -0.3 is 4.74 Å². The van der Waals surface area contributed by atoms with E-state index in [0.29, 0.717) is 0 Å². The predicted octanol–water partition coefficient (Wildman–Crippen LogP) is 7.75. The molecule has 2 heteroatoms. The Bertz CT molecular complexity index is 250. The molecule has 0 saturated carbocycles. The summed E-state index contributed by atoms with van der Waals surface area (Å²) in [5, 5.41) is 0. The van der Waals surface area contributed by atoms with Gasteiger partial charge in [0.1, 0.15) is 6.61 Å². The van der Waals surface area contributed by atoms with E-state index in [0.717, 1.165) is 12.8 Å². The average molecular weight is 340 g/mol. The van der Waals surface area contributed by atoms with E-state index < -0.39 is 0 Å². The van der Waals surface area contributed by atoms with Crippen LogP contribution in [0.4, 0.5) is 0 Å². The third kappa shape index (κ3) is 21.5. The summed E-state index contributed by atoms with van der Waals surface area (Å²) in [5.41, 5.74) is 0. The number of unbranched alkanes of at least 4 members (excludes halogenated alkanes) is 17. The number of carbonyl (C=O) groups excluding carboxylic acids is 1. The first-order valence-corrected chi connectivity index (χ1v) is 10.8. The van der Waals surface area contributed by atoms with E-state index in [1.54, 1.807) is 6.61 Å². The highest BCUT2D eigenvalue weighted by molar-refractivity contribution is 5.66. The molecule has 0 aromatic carbocycles. The second-order valence-corrected chi connectivity index (χ2v) is 7.22. The average Bonchev–Trinajstić information content (AvgIpc) is 2.56. The van der Waals surface area contributed by atoms with E-state index >= 15 is 0 Å². The summed E-state index contributed by atoms with van der Waals surface area (Å²) in [6.45, 7) is 5.38. The molecule has 1 radical (unpaired) electrons. The Kier molecular flexibility index (Phi) is 20.1. The summed E-state index contributed by atoms with van der Waals surface area (Å²) < 4.78 is 4.81. The lowest BCUT2D eigenvalue weighted by Gasteiger charge is -2.04. The standard InChI is InChI=1S/C22H43O2/c1-3-4-5-6-7-8-9-10-11-12-13-14-15-16-17-18-19-20-21-24-22(2)23/h21H,3-20H2,1-2H3. The number of rotatable bonds is 19. The summed E-state index contributed by atoms with van der Waals surface area (Å²) in [7, 11) is 0. The molecule has 0 aromatic rings. The van der Waals surface area contributed by atoms with Crippen LogP contribution >= 0.6 is 0 Å². The fourth-order valence-corrected chi connectivity index (χ4v) is 3.13. The number of ether oxygens (including phenoxy) is 1. The number of esters is 1. The summed E-state index contributed by atoms with van der Waals surface area (Å²) in [6.07, 6.45) is 24.6. The number of hydrogen-bond donors (Lipinski definition) is 0. The lowest BCUT2D eigenvalue weighted by atomic mass is 10.0. The van der Waals surface area contributed by atoms with E-state index in [1.807, 2.05) is 0 Å². The van der Waals surface area contributed by atoms with Crippen molar-refractivity contribution in [2.45, 2.75) is 129 Å². The largest absolute Gasteiger partial charge is 0.459 e. The maximum absolute atomic E-state index is 10.6. The highest BCUT2D eigenvalue weighted by atomic mass is 16.5. The van der Waals surface area contributed by atoms with E-state index in [-0.39, 0.29) is 5.97 Å². The lowest BCUT2D eigenvalue weighted by molar-refractivity contribution is -0.137. The summed E-state index contributed by atoms with van der Waals surface area (Å²) in [4.78, 5) is 10.6. The Morgan fingerprint density at radius 2 is 0.958 bits per heavy atom. The van der Waals surface area contributed by atoms with Crippen molar-refractivity contribution in [2.24, 2.45) is 0 Å². The van der Waals surface area contributed by atoms with E-state index in [4.69, 9.17) is 4.74 Å². The van der Waals surface area contributed by atoms with Crippen LogP contribution in [0.3, 0.4) is 0 Å². The van der Waals surface area contributed by atoms with Gasteiger partial charge >= 0.3 is 5.97 Å². The molecule has 0 bridgehead atoms. The number of hydrogen-bond acceptors (Lipinski definition) is 2. The fraction of sp³-hybridized carbons (Fsp3) is 0.909. The Labute approximate surface area is 152 Å². The molecule has 2 nitrogen and oxygen atoms in total. The zero-order valence-corrected chi connectivity index (χ0v) is 16.6. The Hall–Kier alpha value is -0.530. The summed E-state index contributed by atoms with van der Waals surface area (Å²) in [5.74, 6) is -0.207. The van der Waals surface area contributed by atoms with Crippen LogP contribution in [-0.4, -0.2) is 5.97 Å². The molecule has 0 atom stereocenters. The molecule has 0 unspecified atom stereocenters. The first-order chi connectivity index (χ1) is 11.8. The highest BCUT2D eigenvalue weighted by Crippen LogP contribution is 2.14.